The molecule has 4 rings (SSSR count). The van der Waals surface area contributed by atoms with Crippen LogP contribution in [0.4, 0.5) is 5.82 Å². The SMILES string of the molecule is Cc1nnc2ccc(N3CC(N(C)CCN4CCCCCC4)C3)nn12. The van der Waals surface area contributed by atoms with Gasteiger partial charge < -0.3 is 9.80 Å². The Bertz CT molecular complexity index is 699. The van der Waals surface area contributed by atoms with E-state index >= 15 is 0 Å². The second kappa shape index (κ2) is 7.25. The smallest absolute Gasteiger partial charge is 0.178 e. The number of anilines is 1. The predicted octanol–water partition coefficient (Wildman–Crippen LogP) is 1.43. The van der Waals surface area contributed by atoms with Crippen LogP contribution < -0.4 is 4.90 Å². The largest absolute Gasteiger partial charge is 0.352 e. The van der Waals surface area contributed by atoms with Gasteiger partial charge in [0.2, 0.25) is 0 Å². The Morgan fingerprint density at radius 2 is 1.84 bits per heavy atom. The molecule has 0 radical (unpaired) electrons. The maximum atomic E-state index is 4.67. The standard InChI is InChI=1S/C18H29N7/c1-15-19-20-17-7-8-18(21-25(15)17)24-13-16(14-24)22(2)11-12-23-9-5-3-4-6-10-23/h7-8,16H,3-6,9-14H2,1-2H3. The Labute approximate surface area is 149 Å². The molecule has 0 bridgehead atoms. The Morgan fingerprint density at radius 1 is 1.08 bits per heavy atom. The van der Waals surface area contributed by atoms with Crippen LogP contribution in [0.3, 0.4) is 0 Å². The van der Waals surface area contributed by atoms with Crippen molar-refractivity contribution in [3.8, 4) is 0 Å². The minimum absolute atomic E-state index is 0.631. The lowest BCUT2D eigenvalue weighted by Crippen LogP contribution is -2.59. The summed E-state index contributed by atoms with van der Waals surface area (Å²) >= 11 is 0. The average Bonchev–Trinajstić information content (AvgIpc) is 2.79. The molecule has 7 nitrogen and oxygen atoms in total. The van der Waals surface area contributed by atoms with Crippen molar-refractivity contribution in [3.63, 3.8) is 0 Å². The topological polar surface area (TPSA) is 52.8 Å². The Kier molecular flexibility index (Phi) is 4.85. The van der Waals surface area contributed by atoms with Crippen LogP contribution in [0.15, 0.2) is 12.1 Å². The summed E-state index contributed by atoms with van der Waals surface area (Å²) in [4.78, 5) is 7.50. The van der Waals surface area contributed by atoms with Gasteiger partial charge in [-0.05, 0) is 52.0 Å². The number of aromatic nitrogens is 4. The molecule has 0 unspecified atom stereocenters. The van der Waals surface area contributed by atoms with Crippen molar-refractivity contribution in [1.29, 1.82) is 0 Å². The monoisotopic (exact) mass is 343 g/mol. The van der Waals surface area contributed by atoms with Crippen LogP contribution in [0.25, 0.3) is 5.65 Å². The Morgan fingerprint density at radius 3 is 2.60 bits per heavy atom. The molecule has 0 saturated carbocycles. The molecular weight excluding hydrogens is 314 g/mol. The highest BCUT2D eigenvalue weighted by Gasteiger charge is 2.31. The quantitative estimate of drug-likeness (QED) is 0.819. The number of likely N-dealkylation sites (tertiary alicyclic amines) is 1. The van der Waals surface area contributed by atoms with Gasteiger partial charge >= 0.3 is 0 Å². The number of nitrogens with zero attached hydrogens (tertiary/aromatic N) is 7. The van der Waals surface area contributed by atoms with E-state index in [1.54, 1.807) is 0 Å². The summed E-state index contributed by atoms with van der Waals surface area (Å²) in [5, 5.41) is 12.8. The van der Waals surface area contributed by atoms with Crippen LogP contribution in [0, 0.1) is 6.92 Å². The third-order valence-corrected chi connectivity index (χ3v) is 5.68. The molecule has 0 aromatic carbocycles. The van der Waals surface area contributed by atoms with E-state index in [4.69, 9.17) is 0 Å². The summed E-state index contributed by atoms with van der Waals surface area (Å²) in [7, 11) is 2.26. The third kappa shape index (κ3) is 3.62. The van der Waals surface area contributed by atoms with Crippen LogP contribution in [0.5, 0.6) is 0 Å². The van der Waals surface area contributed by atoms with E-state index in [9.17, 15) is 0 Å². The third-order valence-electron chi connectivity index (χ3n) is 5.68. The zero-order valence-electron chi connectivity index (χ0n) is 15.4. The molecule has 0 spiro atoms. The maximum Gasteiger partial charge on any atom is 0.178 e. The number of likely N-dealkylation sites (N-methyl/N-ethyl adjacent to an activating group) is 1. The van der Waals surface area contributed by atoms with Crippen molar-refractivity contribution in [1.82, 2.24) is 29.6 Å². The second-order valence-corrected chi connectivity index (χ2v) is 7.50. The zero-order valence-corrected chi connectivity index (χ0v) is 15.4. The molecule has 2 saturated heterocycles. The van der Waals surface area contributed by atoms with Gasteiger partial charge in [-0.1, -0.05) is 12.8 Å². The second-order valence-electron chi connectivity index (χ2n) is 7.50. The fourth-order valence-electron chi connectivity index (χ4n) is 3.82. The van der Waals surface area contributed by atoms with E-state index in [1.807, 2.05) is 17.5 Å². The zero-order chi connectivity index (χ0) is 17.2. The first-order valence-electron chi connectivity index (χ1n) is 9.57. The highest BCUT2D eigenvalue weighted by Crippen LogP contribution is 2.21. The molecule has 2 aromatic heterocycles. The molecule has 0 atom stereocenters. The number of hydrogen-bond donors (Lipinski definition) is 0. The molecule has 7 heteroatoms. The molecule has 136 valence electrons. The summed E-state index contributed by atoms with van der Waals surface area (Å²) in [6, 6.07) is 4.68. The van der Waals surface area contributed by atoms with Gasteiger partial charge in [0.1, 0.15) is 5.82 Å². The average molecular weight is 343 g/mol. The van der Waals surface area contributed by atoms with Crippen LogP contribution in [0.1, 0.15) is 31.5 Å². The van der Waals surface area contributed by atoms with Crippen molar-refractivity contribution >= 4 is 11.5 Å². The van der Waals surface area contributed by atoms with Crippen molar-refractivity contribution in [2.75, 3.05) is 51.2 Å². The molecule has 2 aliphatic heterocycles. The number of aryl methyl sites for hydroxylation is 1. The molecule has 0 amide bonds. The first-order valence-corrected chi connectivity index (χ1v) is 9.57. The van der Waals surface area contributed by atoms with Crippen LogP contribution in [-0.2, 0) is 0 Å². The molecule has 0 aliphatic carbocycles. The normalized spacial score (nSPS) is 20.2. The van der Waals surface area contributed by atoms with E-state index < -0.39 is 0 Å². The summed E-state index contributed by atoms with van der Waals surface area (Å²) in [6.45, 7) is 8.98. The van der Waals surface area contributed by atoms with Gasteiger partial charge in [-0.2, -0.15) is 4.52 Å². The minimum Gasteiger partial charge on any atom is -0.352 e. The molecule has 25 heavy (non-hydrogen) atoms. The van der Waals surface area contributed by atoms with Crippen LogP contribution in [0.2, 0.25) is 0 Å². The van der Waals surface area contributed by atoms with Crippen LogP contribution in [-0.4, -0.2) is 82.0 Å². The number of rotatable bonds is 5. The lowest BCUT2D eigenvalue weighted by atomic mass is 10.1. The molecule has 2 fully saturated rings. The van der Waals surface area contributed by atoms with E-state index in [0.717, 1.165) is 36.9 Å². The molecule has 4 heterocycles. The van der Waals surface area contributed by atoms with E-state index in [1.165, 1.54) is 45.3 Å². The maximum absolute atomic E-state index is 4.67. The van der Waals surface area contributed by atoms with Gasteiger partial charge in [0, 0.05) is 32.2 Å². The predicted molar refractivity (Wildman–Crippen MR) is 99.1 cm³/mol. The summed E-state index contributed by atoms with van der Waals surface area (Å²) in [5.74, 6) is 1.86. The lowest BCUT2D eigenvalue weighted by molar-refractivity contribution is 0.169. The summed E-state index contributed by atoms with van der Waals surface area (Å²) in [5.41, 5.74) is 0.813. The van der Waals surface area contributed by atoms with Gasteiger partial charge in [-0.3, -0.25) is 4.90 Å². The van der Waals surface area contributed by atoms with Gasteiger partial charge in [-0.15, -0.1) is 15.3 Å². The van der Waals surface area contributed by atoms with Gasteiger partial charge in [-0.25, -0.2) is 0 Å². The Balaban J connectivity index is 1.27. The van der Waals surface area contributed by atoms with E-state index in [2.05, 4.69) is 43.1 Å². The van der Waals surface area contributed by atoms with Crippen LogP contribution >= 0.6 is 0 Å². The summed E-state index contributed by atoms with van der Waals surface area (Å²) < 4.78 is 1.83. The van der Waals surface area contributed by atoms with Crippen molar-refractivity contribution < 1.29 is 0 Å². The fourth-order valence-corrected chi connectivity index (χ4v) is 3.82. The van der Waals surface area contributed by atoms with E-state index in [0.29, 0.717) is 6.04 Å². The minimum atomic E-state index is 0.631. The molecule has 2 aliphatic rings. The van der Waals surface area contributed by atoms with Gasteiger partial charge in [0.25, 0.3) is 0 Å². The Hall–Kier alpha value is -1.73. The van der Waals surface area contributed by atoms with E-state index in [-0.39, 0.29) is 0 Å². The molecule has 0 N–H and O–H groups in total. The molecule has 2 aromatic rings. The number of fused-ring (bicyclic) bond motifs is 1. The number of hydrogen-bond acceptors (Lipinski definition) is 6. The van der Waals surface area contributed by atoms with Crippen molar-refractivity contribution in [3.05, 3.63) is 18.0 Å². The first kappa shape index (κ1) is 16.7. The highest BCUT2D eigenvalue weighted by atomic mass is 15.4. The first-order chi connectivity index (χ1) is 12.2. The molecular formula is C18H29N7. The van der Waals surface area contributed by atoms with Gasteiger partial charge in [0.05, 0.1) is 0 Å². The van der Waals surface area contributed by atoms with Crippen molar-refractivity contribution in [2.24, 2.45) is 0 Å². The summed E-state index contributed by atoms with van der Waals surface area (Å²) in [6.07, 6.45) is 5.57. The lowest BCUT2D eigenvalue weighted by Gasteiger charge is -2.45. The van der Waals surface area contributed by atoms with Crippen molar-refractivity contribution in [2.45, 2.75) is 38.6 Å². The van der Waals surface area contributed by atoms with Gasteiger partial charge in [0.15, 0.2) is 11.5 Å². The highest BCUT2D eigenvalue weighted by molar-refractivity contribution is 5.47. The fraction of sp³-hybridized carbons (Fsp3) is 0.722.